The fourth-order valence-corrected chi connectivity index (χ4v) is 2.09. The van der Waals surface area contributed by atoms with Crippen molar-refractivity contribution in [3.05, 3.63) is 24.0 Å². The van der Waals surface area contributed by atoms with Crippen molar-refractivity contribution in [2.75, 3.05) is 0 Å². The Bertz CT molecular complexity index is 329. The summed E-state index contributed by atoms with van der Waals surface area (Å²) in [7, 11) is 0. The van der Waals surface area contributed by atoms with Crippen molar-refractivity contribution < 1.29 is 4.74 Å². The summed E-state index contributed by atoms with van der Waals surface area (Å²) in [6.07, 6.45) is 7.24. The molecular formula is C14H22N2O. The van der Waals surface area contributed by atoms with E-state index in [0.29, 0.717) is 12.1 Å². The molecule has 1 aliphatic rings. The molecule has 2 rings (SSSR count). The fraction of sp³-hybridized carbons (Fsp3) is 0.643. The first kappa shape index (κ1) is 12.4. The summed E-state index contributed by atoms with van der Waals surface area (Å²) >= 11 is 0. The highest BCUT2D eigenvalue weighted by atomic mass is 16.5. The van der Waals surface area contributed by atoms with Gasteiger partial charge < -0.3 is 10.1 Å². The molecule has 1 N–H and O–H groups in total. The van der Waals surface area contributed by atoms with Gasteiger partial charge in [-0.3, -0.25) is 4.98 Å². The highest BCUT2D eigenvalue weighted by Crippen LogP contribution is 2.23. The molecule has 0 bridgehead atoms. The summed E-state index contributed by atoms with van der Waals surface area (Å²) in [6, 6.07) is 4.56. The van der Waals surface area contributed by atoms with Gasteiger partial charge in [-0.25, -0.2) is 0 Å². The van der Waals surface area contributed by atoms with Crippen molar-refractivity contribution in [2.45, 2.75) is 58.2 Å². The van der Waals surface area contributed by atoms with Gasteiger partial charge in [0.15, 0.2) is 0 Å². The monoisotopic (exact) mass is 234 g/mol. The highest BCUT2D eigenvalue weighted by Gasteiger charge is 2.16. The van der Waals surface area contributed by atoms with E-state index in [1.54, 1.807) is 0 Å². The van der Waals surface area contributed by atoms with Crippen molar-refractivity contribution in [3.63, 3.8) is 0 Å². The molecule has 1 aromatic rings. The average Bonchev–Trinajstić information content (AvgIpc) is 2.81. The van der Waals surface area contributed by atoms with Gasteiger partial charge in [-0.15, -0.1) is 0 Å². The first-order valence-electron chi connectivity index (χ1n) is 6.59. The Kier molecular flexibility index (Phi) is 4.37. The maximum absolute atomic E-state index is 5.87. The summed E-state index contributed by atoms with van der Waals surface area (Å²) in [5.74, 6) is 0.908. The van der Waals surface area contributed by atoms with Crippen LogP contribution in [-0.2, 0) is 6.54 Å². The summed E-state index contributed by atoms with van der Waals surface area (Å²) in [5, 5.41) is 3.35. The van der Waals surface area contributed by atoms with Crippen LogP contribution < -0.4 is 10.1 Å². The molecule has 0 amide bonds. The number of nitrogens with zero attached hydrogens (tertiary/aromatic N) is 1. The summed E-state index contributed by atoms with van der Waals surface area (Å²) < 4.78 is 5.87. The summed E-state index contributed by atoms with van der Waals surface area (Å²) in [4.78, 5) is 4.41. The molecule has 0 atom stereocenters. The van der Waals surface area contributed by atoms with Crippen LogP contribution >= 0.6 is 0 Å². The minimum atomic E-state index is 0.413. The van der Waals surface area contributed by atoms with Crippen LogP contribution in [0.1, 0.15) is 45.2 Å². The Balaban J connectivity index is 1.84. The van der Waals surface area contributed by atoms with Gasteiger partial charge >= 0.3 is 0 Å². The zero-order valence-electron chi connectivity index (χ0n) is 10.8. The van der Waals surface area contributed by atoms with Crippen molar-refractivity contribution in [3.8, 4) is 5.75 Å². The van der Waals surface area contributed by atoms with Gasteiger partial charge in [0.1, 0.15) is 5.75 Å². The Morgan fingerprint density at radius 1 is 1.35 bits per heavy atom. The Labute approximate surface area is 104 Å². The normalized spacial score (nSPS) is 16.6. The lowest BCUT2D eigenvalue weighted by atomic mass is 10.3. The number of ether oxygens (including phenoxy) is 1. The molecule has 1 fully saturated rings. The lowest BCUT2D eigenvalue weighted by Crippen LogP contribution is -2.22. The van der Waals surface area contributed by atoms with E-state index in [1.165, 1.54) is 25.7 Å². The second kappa shape index (κ2) is 6.01. The molecule has 94 valence electrons. The molecule has 17 heavy (non-hydrogen) atoms. The summed E-state index contributed by atoms with van der Waals surface area (Å²) in [6.45, 7) is 5.09. The van der Waals surface area contributed by atoms with E-state index in [9.17, 15) is 0 Å². The zero-order chi connectivity index (χ0) is 12.1. The van der Waals surface area contributed by atoms with Gasteiger partial charge in [0.05, 0.1) is 18.0 Å². The van der Waals surface area contributed by atoms with E-state index in [1.807, 2.05) is 18.3 Å². The first-order chi connectivity index (χ1) is 8.24. The van der Waals surface area contributed by atoms with Crippen LogP contribution in [0, 0.1) is 0 Å². The largest absolute Gasteiger partial charge is 0.489 e. The zero-order valence-corrected chi connectivity index (χ0v) is 10.8. The predicted octanol–water partition coefficient (Wildman–Crippen LogP) is 2.90. The molecule has 0 aliphatic heterocycles. The van der Waals surface area contributed by atoms with Crippen molar-refractivity contribution in [2.24, 2.45) is 0 Å². The van der Waals surface area contributed by atoms with Gasteiger partial charge in [0.25, 0.3) is 0 Å². The van der Waals surface area contributed by atoms with Gasteiger partial charge in [-0.1, -0.05) is 13.8 Å². The van der Waals surface area contributed by atoms with Crippen LogP contribution in [0.4, 0.5) is 0 Å². The standard InChI is InChI=1S/C14H22N2O/c1-11(2)15-9-12-7-8-14(10-16-12)17-13-5-3-4-6-13/h7-8,10-11,13,15H,3-6,9H2,1-2H3. The van der Waals surface area contributed by atoms with E-state index in [0.717, 1.165) is 18.0 Å². The average molecular weight is 234 g/mol. The van der Waals surface area contributed by atoms with Gasteiger partial charge in [-0.05, 0) is 37.8 Å². The first-order valence-corrected chi connectivity index (χ1v) is 6.59. The minimum absolute atomic E-state index is 0.413. The molecular weight excluding hydrogens is 212 g/mol. The van der Waals surface area contributed by atoms with Gasteiger partial charge in [-0.2, -0.15) is 0 Å². The number of nitrogens with one attached hydrogen (secondary N) is 1. The molecule has 3 heteroatoms. The Hall–Kier alpha value is -1.09. The second-order valence-corrected chi connectivity index (χ2v) is 5.05. The van der Waals surface area contributed by atoms with Crippen molar-refractivity contribution in [1.29, 1.82) is 0 Å². The number of rotatable bonds is 5. The van der Waals surface area contributed by atoms with Gasteiger partial charge in [0.2, 0.25) is 0 Å². The van der Waals surface area contributed by atoms with Gasteiger partial charge in [0, 0.05) is 12.6 Å². The molecule has 0 aromatic carbocycles. The molecule has 1 heterocycles. The quantitative estimate of drug-likeness (QED) is 0.850. The molecule has 1 aromatic heterocycles. The maximum atomic E-state index is 5.87. The van der Waals surface area contributed by atoms with E-state index in [4.69, 9.17) is 4.74 Å². The van der Waals surface area contributed by atoms with Crippen LogP contribution in [-0.4, -0.2) is 17.1 Å². The molecule has 0 spiro atoms. The van der Waals surface area contributed by atoms with Crippen LogP contribution in [0.15, 0.2) is 18.3 Å². The van der Waals surface area contributed by atoms with E-state index in [-0.39, 0.29) is 0 Å². The van der Waals surface area contributed by atoms with Crippen LogP contribution in [0.2, 0.25) is 0 Å². The highest BCUT2D eigenvalue weighted by molar-refractivity contribution is 5.20. The third-order valence-electron chi connectivity index (χ3n) is 3.09. The second-order valence-electron chi connectivity index (χ2n) is 5.05. The van der Waals surface area contributed by atoms with E-state index < -0.39 is 0 Å². The number of hydrogen-bond acceptors (Lipinski definition) is 3. The van der Waals surface area contributed by atoms with Crippen molar-refractivity contribution >= 4 is 0 Å². The Morgan fingerprint density at radius 2 is 2.12 bits per heavy atom. The smallest absolute Gasteiger partial charge is 0.138 e. The maximum Gasteiger partial charge on any atom is 0.138 e. The number of aromatic nitrogens is 1. The summed E-state index contributed by atoms with van der Waals surface area (Å²) in [5.41, 5.74) is 1.07. The lowest BCUT2D eigenvalue weighted by Gasteiger charge is -2.13. The minimum Gasteiger partial charge on any atom is -0.489 e. The van der Waals surface area contributed by atoms with E-state index in [2.05, 4.69) is 24.1 Å². The van der Waals surface area contributed by atoms with Crippen LogP contribution in [0.5, 0.6) is 5.75 Å². The lowest BCUT2D eigenvalue weighted by molar-refractivity contribution is 0.209. The SMILES string of the molecule is CC(C)NCc1ccc(OC2CCCC2)cn1. The number of hydrogen-bond donors (Lipinski definition) is 1. The topological polar surface area (TPSA) is 34.1 Å². The third-order valence-corrected chi connectivity index (χ3v) is 3.09. The molecule has 0 radical (unpaired) electrons. The molecule has 1 aliphatic carbocycles. The molecule has 0 saturated heterocycles. The van der Waals surface area contributed by atoms with Crippen LogP contribution in [0.3, 0.4) is 0 Å². The fourth-order valence-electron chi connectivity index (χ4n) is 2.09. The molecule has 0 unspecified atom stereocenters. The van der Waals surface area contributed by atoms with Crippen LogP contribution in [0.25, 0.3) is 0 Å². The molecule has 3 nitrogen and oxygen atoms in total. The van der Waals surface area contributed by atoms with Crippen molar-refractivity contribution in [1.82, 2.24) is 10.3 Å². The molecule has 1 saturated carbocycles. The van der Waals surface area contributed by atoms with E-state index >= 15 is 0 Å². The Morgan fingerprint density at radius 3 is 2.71 bits per heavy atom. The number of pyridine rings is 1. The predicted molar refractivity (Wildman–Crippen MR) is 69.1 cm³/mol. The third kappa shape index (κ3) is 4.00.